The first-order valence-corrected chi connectivity index (χ1v) is 7.16. The van der Waals surface area contributed by atoms with Crippen LogP contribution in [0.4, 0.5) is 5.69 Å². The second kappa shape index (κ2) is 4.93. The Morgan fingerprint density at radius 1 is 1.47 bits per heavy atom. The SMILES string of the molecule is CC(C)(O)CNS(=O)(=O)c1ccc(N)cc1Br. The van der Waals surface area contributed by atoms with Crippen LogP contribution in [0.25, 0.3) is 0 Å². The Kier molecular flexibility index (Phi) is 4.19. The van der Waals surface area contributed by atoms with Crippen molar-refractivity contribution in [1.29, 1.82) is 0 Å². The Balaban J connectivity index is 2.98. The maximum Gasteiger partial charge on any atom is 0.241 e. The van der Waals surface area contributed by atoms with Crippen molar-refractivity contribution in [1.82, 2.24) is 4.72 Å². The molecule has 0 fully saturated rings. The molecular formula is C10H15BrN2O3S. The van der Waals surface area contributed by atoms with Crippen LogP contribution in [0.2, 0.25) is 0 Å². The minimum atomic E-state index is -3.65. The smallest absolute Gasteiger partial charge is 0.241 e. The largest absolute Gasteiger partial charge is 0.399 e. The lowest BCUT2D eigenvalue weighted by Gasteiger charge is -2.18. The van der Waals surface area contributed by atoms with Gasteiger partial charge < -0.3 is 10.8 Å². The summed E-state index contributed by atoms with van der Waals surface area (Å²) in [5.74, 6) is 0. The number of rotatable bonds is 4. The van der Waals surface area contributed by atoms with Gasteiger partial charge in [-0.05, 0) is 48.0 Å². The molecule has 0 aliphatic rings. The number of nitrogen functional groups attached to an aromatic ring is 1. The van der Waals surface area contributed by atoms with Gasteiger partial charge in [0.25, 0.3) is 0 Å². The molecule has 0 atom stereocenters. The number of anilines is 1. The van der Waals surface area contributed by atoms with Gasteiger partial charge in [-0.1, -0.05) is 0 Å². The van der Waals surface area contributed by atoms with Crippen LogP contribution in [0.15, 0.2) is 27.6 Å². The Labute approximate surface area is 109 Å². The number of nitrogens with two attached hydrogens (primary N) is 1. The molecule has 1 aromatic rings. The van der Waals surface area contributed by atoms with Gasteiger partial charge in [0.2, 0.25) is 10.0 Å². The number of sulfonamides is 1. The second-order valence-corrected chi connectivity index (χ2v) is 6.92. The lowest BCUT2D eigenvalue weighted by Crippen LogP contribution is -2.38. The predicted octanol–water partition coefficient (Wildman–Crippen LogP) is 1.08. The van der Waals surface area contributed by atoms with Crippen LogP contribution < -0.4 is 10.5 Å². The standard InChI is InChI=1S/C10H15BrN2O3S/c1-10(2,14)6-13-17(15,16)9-4-3-7(12)5-8(9)11/h3-5,13-14H,6,12H2,1-2H3. The summed E-state index contributed by atoms with van der Waals surface area (Å²) in [6, 6.07) is 4.42. The van der Waals surface area contributed by atoms with E-state index in [1.54, 1.807) is 0 Å². The number of benzene rings is 1. The van der Waals surface area contributed by atoms with Crippen LogP contribution >= 0.6 is 15.9 Å². The molecule has 1 aromatic carbocycles. The van der Waals surface area contributed by atoms with Gasteiger partial charge in [0.05, 0.1) is 10.5 Å². The maximum atomic E-state index is 11.9. The molecule has 5 nitrogen and oxygen atoms in total. The summed E-state index contributed by atoms with van der Waals surface area (Å²) in [4.78, 5) is 0.0935. The van der Waals surface area contributed by atoms with Gasteiger partial charge in [-0.15, -0.1) is 0 Å². The maximum absolute atomic E-state index is 11.9. The second-order valence-electron chi connectivity index (χ2n) is 4.33. The monoisotopic (exact) mass is 322 g/mol. The third-order valence-electron chi connectivity index (χ3n) is 1.94. The zero-order valence-electron chi connectivity index (χ0n) is 9.57. The highest BCUT2D eigenvalue weighted by molar-refractivity contribution is 9.10. The van der Waals surface area contributed by atoms with Crippen molar-refractivity contribution in [3.63, 3.8) is 0 Å². The summed E-state index contributed by atoms with van der Waals surface area (Å²) in [5.41, 5.74) is 4.90. The summed E-state index contributed by atoms with van der Waals surface area (Å²) in [5, 5.41) is 9.48. The van der Waals surface area contributed by atoms with Crippen molar-refractivity contribution in [3.8, 4) is 0 Å². The molecule has 0 aliphatic carbocycles. The van der Waals surface area contributed by atoms with Crippen molar-refractivity contribution >= 4 is 31.6 Å². The minimum Gasteiger partial charge on any atom is -0.399 e. The van der Waals surface area contributed by atoms with E-state index in [1.807, 2.05) is 0 Å². The normalized spacial score (nSPS) is 12.7. The van der Waals surface area contributed by atoms with E-state index in [4.69, 9.17) is 5.73 Å². The fourth-order valence-electron chi connectivity index (χ4n) is 1.08. The third-order valence-corrected chi connectivity index (χ3v) is 4.32. The van der Waals surface area contributed by atoms with Crippen molar-refractivity contribution < 1.29 is 13.5 Å². The molecule has 0 spiro atoms. The first-order valence-electron chi connectivity index (χ1n) is 4.89. The molecule has 0 heterocycles. The molecule has 17 heavy (non-hydrogen) atoms. The van der Waals surface area contributed by atoms with Crippen molar-refractivity contribution in [2.75, 3.05) is 12.3 Å². The summed E-state index contributed by atoms with van der Waals surface area (Å²) in [6.07, 6.45) is 0. The molecule has 96 valence electrons. The van der Waals surface area contributed by atoms with Gasteiger partial charge in [0.1, 0.15) is 0 Å². The van der Waals surface area contributed by atoms with E-state index in [2.05, 4.69) is 20.7 Å². The molecule has 0 bridgehead atoms. The highest BCUT2D eigenvalue weighted by Gasteiger charge is 2.21. The van der Waals surface area contributed by atoms with E-state index in [0.29, 0.717) is 10.2 Å². The topological polar surface area (TPSA) is 92.4 Å². The fraction of sp³-hybridized carbons (Fsp3) is 0.400. The average molecular weight is 323 g/mol. The Morgan fingerprint density at radius 3 is 2.53 bits per heavy atom. The van der Waals surface area contributed by atoms with Gasteiger partial charge in [-0.3, -0.25) is 0 Å². The van der Waals surface area contributed by atoms with Crippen LogP contribution in [0.3, 0.4) is 0 Å². The van der Waals surface area contributed by atoms with Crippen molar-refractivity contribution in [2.45, 2.75) is 24.3 Å². The number of halogens is 1. The molecule has 0 saturated carbocycles. The summed E-state index contributed by atoms with van der Waals surface area (Å²) < 4.78 is 26.6. The van der Waals surface area contributed by atoms with Crippen LogP contribution in [0, 0.1) is 0 Å². The molecule has 0 unspecified atom stereocenters. The Bertz CT molecular complexity index is 509. The molecule has 0 aliphatic heterocycles. The van der Waals surface area contributed by atoms with E-state index in [-0.39, 0.29) is 11.4 Å². The summed E-state index contributed by atoms with van der Waals surface area (Å²) in [7, 11) is -3.65. The van der Waals surface area contributed by atoms with Crippen LogP contribution in [-0.2, 0) is 10.0 Å². The molecular weight excluding hydrogens is 308 g/mol. The van der Waals surface area contributed by atoms with E-state index in [1.165, 1.54) is 32.0 Å². The zero-order valence-corrected chi connectivity index (χ0v) is 12.0. The molecule has 4 N–H and O–H groups in total. The zero-order chi connectivity index (χ0) is 13.3. The number of hydrogen-bond acceptors (Lipinski definition) is 4. The molecule has 1 rings (SSSR count). The highest BCUT2D eigenvalue weighted by atomic mass is 79.9. The third kappa shape index (κ3) is 4.27. The number of hydrogen-bond donors (Lipinski definition) is 3. The van der Waals surface area contributed by atoms with E-state index >= 15 is 0 Å². The van der Waals surface area contributed by atoms with Crippen LogP contribution in [-0.4, -0.2) is 25.7 Å². The average Bonchev–Trinajstić information content (AvgIpc) is 2.13. The van der Waals surface area contributed by atoms with Gasteiger partial charge in [-0.2, -0.15) is 0 Å². The molecule has 0 saturated heterocycles. The fourth-order valence-corrected chi connectivity index (χ4v) is 3.38. The van der Waals surface area contributed by atoms with E-state index in [0.717, 1.165) is 0 Å². The summed E-state index contributed by atoms with van der Waals surface area (Å²) >= 11 is 3.14. The van der Waals surface area contributed by atoms with E-state index < -0.39 is 15.6 Å². The van der Waals surface area contributed by atoms with Crippen LogP contribution in [0.1, 0.15) is 13.8 Å². The number of nitrogens with one attached hydrogen (secondary N) is 1. The van der Waals surface area contributed by atoms with Gasteiger partial charge in [0.15, 0.2) is 0 Å². The molecule has 0 radical (unpaired) electrons. The first kappa shape index (κ1) is 14.4. The Hall–Kier alpha value is -0.630. The number of aliphatic hydroxyl groups is 1. The first-order chi connectivity index (χ1) is 7.62. The predicted molar refractivity (Wildman–Crippen MR) is 70.0 cm³/mol. The Morgan fingerprint density at radius 2 is 2.06 bits per heavy atom. The van der Waals surface area contributed by atoms with Gasteiger partial charge in [0, 0.05) is 16.7 Å². The lowest BCUT2D eigenvalue weighted by molar-refractivity contribution is 0.0857. The van der Waals surface area contributed by atoms with Crippen LogP contribution in [0.5, 0.6) is 0 Å². The molecule has 7 heteroatoms. The molecule has 0 aromatic heterocycles. The quantitative estimate of drug-likeness (QED) is 0.723. The van der Waals surface area contributed by atoms with E-state index in [9.17, 15) is 13.5 Å². The van der Waals surface area contributed by atoms with Crippen molar-refractivity contribution in [2.24, 2.45) is 0 Å². The minimum absolute atomic E-state index is 0.0633. The highest BCUT2D eigenvalue weighted by Crippen LogP contribution is 2.24. The van der Waals surface area contributed by atoms with Gasteiger partial charge in [-0.25, -0.2) is 13.1 Å². The van der Waals surface area contributed by atoms with Gasteiger partial charge >= 0.3 is 0 Å². The summed E-state index contributed by atoms with van der Waals surface area (Å²) in [6.45, 7) is 2.98. The molecule has 0 amide bonds. The lowest BCUT2D eigenvalue weighted by atomic mass is 10.1. The van der Waals surface area contributed by atoms with Crippen molar-refractivity contribution in [3.05, 3.63) is 22.7 Å².